The van der Waals surface area contributed by atoms with Crippen LogP contribution < -0.4 is 0 Å². The maximum atomic E-state index is 9.59. The molecule has 78 valence electrons. The number of aliphatic hydroxyl groups excluding tert-OH is 1. The van der Waals surface area contributed by atoms with Crippen molar-refractivity contribution >= 4 is 0 Å². The van der Waals surface area contributed by atoms with E-state index in [4.69, 9.17) is 0 Å². The summed E-state index contributed by atoms with van der Waals surface area (Å²) in [6.07, 6.45) is 8.47. The summed E-state index contributed by atoms with van der Waals surface area (Å²) in [6, 6.07) is 0. The fourth-order valence-corrected chi connectivity index (χ4v) is 1.35. The molecule has 1 N–H and O–H groups in total. The third-order valence-electron chi connectivity index (χ3n) is 2.50. The van der Waals surface area contributed by atoms with Crippen LogP contribution in [0.1, 0.15) is 52.4 Å². The number of aliphatic hydroxyl groups is 1. The first-order valence-electron chi connectivity index (χ1n) is 5.51. The van der Waals surface area contributed by atoms with Crippen LogP contribution in [0.4, 0.5) is 0 Å². The summed E-state index contributed by atoms with van der Waals surface area (Å²) in [7, 11) is 0. The van der Waals surface area contributed by atoms with Gasteiger partial charge in [0.2, 0.25) is 0 Å². The van der Waals surface area contributed by atoms with E-state index in [9.17, 15) is 5.11 Å². The molecule has 0 saturated carbocycles. The van der Waals surface area contributed by atoms with E-state index in [2.05, 4.69) is 20.4 Å². The highest BCUT2D eigenvalue weighted by molar-refractivity contribution is 4.75. The average Bonchev–Trinajstić information content (AvgIpc) is 2.14. The van der Waals surface area contributed by atoms with Crippen LogP contribution >= 0.6 is 0 Å². The Labute approximate surface area is 82.9 Å². The second-order valence-electron chi connectivity index (χ2n) is 3.94. The minimum Gasteiger partial charge on any atom is -0.393 e. The highest BCUT2D eigenvalue weighted by atomic mass is 16.3. The second kappa shape index (κ2) is 8.31. The molecule has 0 spiro atoms. The van der Waals surface area contributed by atoms with Gasteiger partial charge in [0.05, 0.1) is 6.10 Å². The van der Waals surface area contributed by atoms with Gasteiger partial charge in [-0.1, -0.05) is 39.2 Å². The summed E-state index contributed by atoms with van der Waals surface area (Å²) in [5, 5.41) is 9.59. The van der Waals surface area contributed by atoms with E-state index in [1.54, 1.807) is 0 Å². The molecular formula is C12H24O. The van der Waals surface area contributed by atoms with Crippen molar-refractivity contribution in [3.05, 3.63) is 12.7 Å². The molecule has 13 heavy (non-hydrogen) atoms. The number of unbranched alkanes of at least 4 members (excludes halogenated alkanes) is 2. The lowest BCUT2D eigenvalue weighted by Crippen LogP contribution is -2.07. The topological polar surface area (TPSA) is 20.2 Å². The highest BCUT2D eigenvalue weighted by Gasteiger charge is 2.05. The maximum Gasteiger partial charge on any atom is 0.0540 e. The standard InChI is InChI=1S/C12H24O/c1-4-6-7-8-12(13)10-9-11(3)5-2/h5,11-13H,2,4,6-10H2,1,3H3/t11-,12-/m1/s1. The van der Waals surface area contributed by atoms with Gasteiger partial charge in [-0.25, -0.2) is 0 Å². The van der Waals surface area contributed by atoms with Crippen molar-refractivity contribution in [2.75, 3.05) is 0 Å². The van der Waals surface area contributed by atoms with Gasteiger partial charge >= 0.3 is 0 Å². The van der Waals surface area contributed by atoms with Gasteiger partial charge in [0.1, 0.15) is 0 Å². The predicted octanol–water partition coefficient (Wildman–Crippen LogP) is 3.53. The van der Waals surface area contributed by atoms with Gasteiger partial charge in [-0.05, 0) is 25.2 Å². The van der Waals surface area contributed by atoms with Gasteiger partial charge in [0.15, 0.2) is 0 Å². The number of hydrogen-bond donors (Lipinski definition) is 1. The highest BCUT2D eigenvalue weighted by Crippen LogP contribution is 2.13. The lowest BCUT2D eigenvalue weighted by molar-refractivity contribution is 0.145. The van der Waals surface area contributed by atoms with E-state index in [-0.39, 0.29) is 6.10 Å². The fourth-order valence-electron chi connectivity index (χ4n) is 1.35. The van der Waals surface area contributed by atoms with E-state index >= 15 is 0 Å². The first-order valence-corrected chi connectivity index (χ1v) is 5.51. The summed E-state index contributed by atoms with van der Waals surface area (Å²) >= 11 is 0. The van der Waals surface area contributed by atoms with Crippen molar-refractivity contribution in [2.45, 2.75) is 58.5 Å². The summed E-state index contributed by atoms with van der Waals surface area (Å²) in [5.41, 5.74) is 0. The molecule has 1 heteroatoms. The molecule has 0 aliphatic rings. The quantitative estimate of drug-likeness (QED) is 0.452. The fraction of sp³-hybridized carbons (Fsp3) is 0.833. The van der Waals surface area contributed by atoms with Crippen molar-refractivity contribution in [1.29, 1.82) is 0 Å². The van der Waals surface area contributed by atoms with Crippen LogP contribution in [0.2, 0.25) is 0 Å². The molecule has 2 atom stereocenters. The molecule has 0 unspecified atom stereocenters. The van der Waals surface area contributed by atoms with Gasteiger partial charge in [0, 0.05) is 0 Å². The zero-order chi connectivity index (χ0) is 10.1. The van der Waals surface area contributed by atoms with Gasteiger partial charge in [0.25, 0.3) is 0 Å². The smallest absolute Gasteiger partial charge is 0.0540 e. The Kier molecular flexibility index (Phi) is 8.11. The molecule has 0 bridgehead atoms. The third-order valence-corrected chi connectivity index (χ3v) is 2.50. The summed E-state index contributed by atoms with van der Waals surface area (Å²) in [6.45, 7) is 8.06. The molecular weight excluding hydrogens is 160 g/mol. The van der Waals surface area contributed by atoms with E-state index in [1.165, 1.54) is 19.3 Å². The summed E-state index contributed by atoms with van der Waals surface area (Å²) in [5.74, 6) is 0.542. The minimum absolute atomic E-state index is 0.0889. The van der Waals surface area contributed by atoms with Crippen LogP contribution in [-0.2, 0) is 0 Å². The monoisotopic (exact) mass is 184 g/mol. The number of hydrogen-bond acceptors (Lipinski definition) is 1. The van der Waals surface area contributed by atoms with Crippen LogP contribution in [0.3, 0.4) is 0 Å². The second-order valence-corrected chi connectivity index (χ2v) is 3.94. The Morgan fingerprint density at radius 3 is 2.46 bits per heavy atom. The van der Waals surface area contributed by atoms with E-state index in [0.717, 1.165) is 19.3 Å². The van der Waals surface area contributed by atoms with Crippen molar-refractivity contribution in [3.63, 3.8) is 0 Å². The van der Waals surface area contributed by atoms with Gasteiger partial charge < -0.3 is 5.11 Å². The largest absolute Gasteiger partial charge is 0.393 e. The zero-order valence-electron chi connectivity index (χ0n) is 9.13. The third kappa shape index (κ3) is 8.04. The number of rotatable bonds is 8. The summed E-state index contributed by atoms with van der Waals surface area (Å²) in [4.78, 5) is 0. The molecule has 0 aromatic carbocycles. The average molecular weight is 184 g/mol. The van der Waals surface area contributed by atoms with Gasteiger partial charge in [-0.3, -0.25) is 0 Å². The molecule has 0 aromatic rings. The van der Waals surface area contributed by atoms with Crippen molar-refractivity contribution in [1.82, 2.24) is 0 Å². The number of allylic oxidation sites excluding steroid dienone is 1. The van der Waals surface area contributed by atoms with E-state index in [0.29, 0.717) is 5.92 Å². The van der Waals surface area contributed by atoms with E-state index < -0.39 is 0 Å². The van der Waals surface area contributed by atoms with Crippen molar-refractivity contribution in [2.24, 2.45) is 5.92 Å². The van der Waals surface area contributed by atoms with E-state index in [1.807, 2.05) is 6.08 Å². The molecule has 1 nitrogen and oxygen atoms in total. The lowest BCUT2D eigenvalue weighted by Gasteiger charge is -2.11. The molecule has 0 amide bonds. The Balaban J connectivity index is 3.29. The molecule has 0 aliphatic heterocycles. The molecule has 0 fully saturated rings. The van der Waals surface area contributed by atoms with Crippen LogP contribution in [0, 0.1) is 5.92 Å². The predicted molar refractivity (Wildman–Crippen MR) is 58.7 cm³/mol. The Hall–Kier alpha value is -0.300. The molecule has 0 heterocycles. The zero-order valence-corrected chi connectivity index (χ0v) is 9.13. The molecule has 0 aliphatic carbocycles. The van der Waals surface area contributed by atoms with Crippen LogP contribution in [0.5, 0.6) is 0 Å². The minimum atomic E-state index is -0.0889. The van der Waals surface area contributed by atoms with Crippen molar-refractivity contribution in [3.8, 4) is 0 Å². The van der Waals surface area contributed by atoms with Gasteiger partial charge in [-0.2, -0.15) is 0 Å². The first-order chi connectivity index (χ1) is 6.20. The first kappa shape index (κ1) is 12.7. The molecule has 0 aromatic heterocycles. The molecule has 0 rings (SSSR count). The van der Waals surface area contributed by atoms with Crippen molar-refractivity contribution < 1.29 is 5.11 Å². The Morgan fingerprint density at radius 2 is 1.92 bits per heavy atom. The van der Waals surface area contributed by atoms with Crippen LogP contribution in [0.15, 0.2) is 12.7 Å². The maximum absolute atomic E-state index is 9.59. The SMILES string of the molecule is C=C[C@@H](C)CC[C@H](O)CCCCC. The normalized spacial score (nSPS) is 15.3. The van der Waals surface area contributed by atoms with Crippen LogP contribution in [0.25, 0.3) is 0 Å². The Morgan fingerprint density at radius 1 is 1.23 bits per heavy atom. The summed E-state index contributed by atoms with van der Waals surface area (Å²) < 4.78 is 0. The lowest BCUT2D eigenvalue weighted by atomic mass is 10.00. The van der Waals surface area contributed by atoms with Crippen LogP contribution in [-0.4, -0.2) is 11.2 Å². The molecule has 0 saturated heterocycles. The molecule has 0 radical (unpaired) electrons. The Bertz CT molecular complexity index is 120. The van der Waals surface area contributed by atoms with Gasteiger partial charge in [-0.15, -0.1) is 6.58 Å².